The van der Waals surface area contributed by atoms with Gasteiger partial charge in [-0.15, -0.1) is 0 Å². The Hall–Kier alpha value is -2.53. The lowest BCUT2D eigenvalue weighted by Gasteiger charge is -2.15. The van der Waals surface area contributed by atoms with Gasteiger partial charge in [-0.25, -0.2) is 4.98 Å². The molecule has 4 rings (SSSR count). The summed E-state index contributed by atoms with van der Waals surface area (Å²) in [5.41, 5.74) is 2.10. The molecular formula is C22H24ClN3O2. The number of aryl methyl sites for hydroxylation is 1. The van der Waals surface area contributed by atoms with E-state index in [0.717, 1.165) is 48.7 Å². The lowest BCUT2D eigenvalue weighted by atomic mass is 10.1. The van der Waals surface area contributed by atoms with Gasteiger partial charge in [-0.1, -0.05) is 23.7 Å². The summed E-state index contributed by atoms with van der Waals surface area (Å²) >= 11 is 5.91. The van der Waals surface area contributed by atoms with Crippen LogP contribution in [0.25, 0.3) is 11.0 Å². The molecular weight excluding hydrogens is 374 g/mol. The highest BCUT2D eigenvalue weighted by Crippen LogP contribution is 2.30. The average Bonchev–Trinajstić information content (AvgIpc) is 3.27. The maximum Gasteiger partial charge on any atom is 0.223 e. The second kappa shape index (κ2) is 8.23. The number of benzene rings is 2. The van der Waals surface area contributed by atoms with E-state index in [1.54, 1.807) is 0 Å². The smallest absolute Gasteiger partial charge is 0.223 e. The highest BCUT2D eigenvalue weighted by atomic mass is 35.5. The van der Waals surface area contributed by atoms with Crippen LogP contribution < -0.4 is 4.74 Å². The Bertz CT molecular complexity index is 968. The van der Waals surface area contributed by atoms with Crippen molar-refractivity contribution in [2.24, 2.45) is 0 Å². The molecule has 0 bridgehead atoms. The average molecular weight is 398 g/mol. The molecule has 1 aliphatic rings. The number of carbonyl (C=O) groups excluding carboxylic acids is 1. The molecule has 6 heteroatoms. The van der Waals surface area contributed by atoms with Gasteiger partial charge in [0.15, 0.2) is 0 Å². The number of hydrogen-bond donors (Lipinski definition) is 0. The second-order valence-electron chi connectivity index (χ2n) is 7.10. The summed E-state index contributed by atoms with van der Waals surface area (Å²) in [5.74, 6) is 2.20. The summed E-state index contributed by atoms with van der Waals surface area (Å²) in [7, 11) is 0. The van der Waals surface area contributed by atoms with E-state index < -0.39 is 0 Å². The van der Waals surface area contributed by atoms with E-state index in [1.165, 1.54) is 0 Å². The Morgan fingerprint density at radius 1 is 1.18 bits per heavy atom. The number of likely N-dealkylation sites (tertiary alicyclic amines) is 1. The predicted octanol–water partition coefficient (Wildman–Crippen LogP) is 4.49. The molecule has 1 aromatic heterocycles. The highest BCUT2D eigenvalue weighted by molar-refractivity contribution is 6.30. The molecule has 3 aromatic rings. The van der Waals surface area contributed by atoms with E-state index in [9.17, 15) is 4.79 Å². The largest absolute Gasteiger partial charge is 0.494 e. The van der Waals surface area contributed by atoms with Gasteiger partial charge in [0.05, 0.1) is 17.6 Å². The molecule has 0 spiro atoms. The van der Waals surface area contributed by atoms with Crippen LogP contribution in [0.4, 0.5) is 0 Å². The van der Waals surface area contributed by atoms with E-state index in [1.807, 2.05) is 54.3 Å². The number of halogens is 1. The molecule has 28 heavy (non-hydrogen) atoms. The van der Waals surface area contributed by atoms with Gasteiger partial charge >= 0.3 is 0 Å². The third-order valence-electron chi connectivity index (χ3n) is 5.25. The number of carbonyl (C=O) groups is 1. The van der Waals surface area contributed by atoms with Crippen molar-refractivity contribution in [3.05, 3.63) is 59.4 Å². The van der Waals surface area contributed by atoms with Gasteiger partial charge in [-0.3, -0.25) is 4.79 Å². The van der Waals surface area contributed by atoms with Crippen LogP contribution in [0.1, 0.15) is 31.5 Å². The minimum absolute atomic E-state index is 0.150. The van der Waals surface area contributed by atoms with Gasteiger partial charge in [0.25, 0.3) is 0 Å². The fourth-order valence-corrected chi connectivity index (χ4v) is 3.96. The lowest BCUT2D eigenvalue weighted by Crippen LogP contribution is -2.24. The number of aromatic nitrogens is 2. The fraction of sp³-hybridized carbons (Fsp3) is 0.364. The number of imidazole rings is 1. The number of amides is 1. The normalized spacial score (nSPS) is 16.9. The van der Waals surface area contributed by atoms with E-state index in [0.29, 0.717) is 18.1 Å². The predicted molar refractivity (Wildman–Crippen MR) is 111 cm³/mol. The molecule has 1 fully saturated rings. The Morgan fingerprint density at radius 3 is 2.71 bits per heavy atom. The van der Waals surface area contributed by atoms with Crippen LogP contribution in [0.15, 0.2) is 48.5 Å². The van der Waals surface area contributed by atoms with E-state index in [4.69, 9.17) is 21.3 Å². The van der Waals surface area contributed by atoms with Crippen molar-refractivity contribution in [2.75, 3.05) is 19.7 Å². The minimum atomic E-state index is 0.150. The van der Waals surface area contributed by atoms with Gasteiger partial charge < -0.3 is 14.2 Å². The molecule has 0 saturated carbocycles. The SMILES string of the molecule is CCN1CC(c2nc3ccccc3n2CCCOc2ccc(Cl)cc2)CC1=O. The number of fused-ring (bicyclic) bond motifs is 1. The summed E-state index contributed by atoms with van der Waals surface area (Å²) < 4.78 is 8.10. The number of rotatable bonds is 7. The lowest BCUT2D eigenvalue weighted by molar-refractivity contribution is -0.127. The number of ether oxygens (including phenoxy) is 1. The zero-order chi connectivity index (χ0) is 19.5. The first-order valence-corrected chi connectivity index (χ1v) is 10.1. The Kier molecular flexibility index (Phi) is 5.53. The van der Waals surface area contributed by atoms with Crippen molar-refractivity contribution < 1.29 is 9.53 Å². The van der Waals surface area contributed by atoms with Crippen molar-refractivity contribution in [1.82, 2.24) is 14.5 Å². The third kappa shape index (κ3) is 3.85. The van der Waals surface area contributed by atoms with Gasteiger partial charge in [0.2, 0.25) is 5.91 Å². The van der Waals surface area contributed by atoms with Crippen molar-refractivity contribution in [3.8, 4) is 5.75 Å². The molecule has 0 radical (unpaired) electrons. The first kappa shape index (κ1) is 18.8. The molecule has 2 heterocycles. The standard InChI is InChI=1S/C22H24ClN3O2/c1-2-25-15-16(14-21(25)27)22-24-19-6-3-4-7-20(19)26(22)12-5-13-28-18-10-8-17(23)9-11-18/h3-4,6-11,16H,2,5,12-15H2,1H3. The molecule has 2 aromatic carbocycles. The fourth-order valence-electron chi connectivity index (χ4n) is 3.83. The molecule has 1 aliphatic heterocycles. The monoisotopic (exact) mass is 397 g/mol. The minimum Gasteiger partial charge on any atom is -0.494 e. The van der Waals surface area contributed by atoms with E-state index in [-0.39, 0.29) is 11.8 Å². The summed E-state index contributed by atoms with van der Waals surface area (Å²) in [6.07, 6.45) is 1.40. The number of likely N-dealkylation sites (N-methyl/N-ethyl adjacent to an activating group) is 1. The quantitative estimate of drug-likeness (QED) is 0.551. The molecule has 1 amide bonds. The van der Waals surface area contributed by atoms with Gasteiger partial charge in [-0.05, 0) is 49.7 Å². The molecule has 0 N–H and O–H groups in total. The number of nitrogens with zero attached hydrogens (tertiary/aromatic N) is 3. The van der Waals surface area contributed by atoms with Crippen LogP contribution in [-0.2, 0) is 11.3 Å². The Morgan fingerprint density at radius 2 is 1.96 bits per heavy atom. The molecule has 1 saturated heterocycles. The van der Waals surface area contributed by atoms with Crippen LogP contribution in [0, 0.1) is 0 Å². The van der Waals surface area contributed by atoms with Crippen LogP contribution in [0.5, 0.6) is 5.75 Å². The van der Waals surface area contributed by atoms with Crippen LogP contribution in [0.3, 0.4) is 0 Å². The van der Waals surface area contributed by atoms with Gasteiger partial charge in [0.1, 0.15) is 11.6 Å². The molecule has 5 nitrogen and oxygen atoms in total. The first-order valence-electron chi connectivity index (χ1n) is 9.77. The number of hydrogen-bond acceptors (Lipinski definition) is 3. The summed E-state index contributed by atoms with van der Waals surface area (Å²) in [6.45, 7) is 4.94. The van der Waals surface area contributed by atoms with E-state index >= 15 is 0 Å². The molecule has 1 unspecified atom stereocenters. The summed E-state index contributed by atoms with van der Waals surface area (Å²) in [6, 6.07) is 15.6. The summed E-state index contributed by atoms with van der Waals surface area (Å²) in [5, 5.41) is 0.703. The van der Waals surface area contributed by atoms with Gasteiger partial charge in [0, 0.05) is 37.0 Å². The highest BCUT2D eigenvalue weighted by Gasteiger charge is 2.32. The topological polar surface area (TPSA) is 47.4 Å². The maximum absolute atomic E-state index is 12.2. The van der Waals surface area contributed by atoms with Gasteiger partial charge in [-0.2, -0.15) is 0 Å². The molecule has 1 atom stereocenters. The molecule has 0 aliphatic carbocycles. The molecule has 146 valence electrons. The summed E-state index contributed by atoms with van der Waals surface area (Å²) in [4.78, 5) is 19.0. The first-order chi connectivity index (χ1) is 13.7. The number of para-hydroxylation sites is 2. The van der Waals surface area contributed by atoms with Crippen molar-refractivity contribution in [1.29, 1.82) is 0 Å². The van der Waals surface area contributed by atoms with E-state index in [2.05, 4.69) is 10.6 Å². The Labute approximate surface area is 169 Å². The maximum atomic E-state index is 12.2. The zero-order valence-corrected chi connectivity index (χ0v) is 16.7. The third-order valence-corrected chi connectivity index (χ3v) is 5.51. The van der Waals surface area contributed by atoms with Crippen molar-refractivity contribution in [2.45, 2.75) is 32.2 Å². The van der Waals surface area contributed by atoms with Crippen molar-refractivity contribution in [3.63, 3.8) is 0 Å². The van der Waals surface area contributed by atoms with Crippen LogP contribution in [0.2, 0.25) is 5.02 Å². The zero-order valence-electron chi connectivity index (χ0n) is 16.0. The van der Waals surface area contributed by atoms with Crippen molar-refractivity contribution >= 4 is 28.5 Å². The Balaban J connectivity index is 1.49. The van der Waals surface area contributed by atoms with Crippen LogP contribution in [-0.4, -0.2) is 40.1 Å². The second-order valence-corrected chi connectivity index (χ2v) is 7.54. The van der Waals surface area contributed by atoms with Crippen LogP contribution >= 0.6 is 11.6 Å².